The van der Waals surface area contributed by atoms with Crippen molar-refractivity contribution in [2.75, 3.05) is 5.32 Å². The lowest BCUT2D eigenvalue weighted by molar-refractivity contribution is -0.150. The first kappa shape index (κ1) is 14.8. The third-order valence-corrected chi connectivity index (χ3v) is 4.05. The number of rotatable bonds is 4. The number of hydrogen-bond donors (Lipinski definition) is 2. The van der Waals surface area contributed by atoms with Crippen molar-refractivity contribution in [1.82, 2.24) is 4.98 Å². The van der Waals surface area contributed by atoms with Crippen molar-refractivity contribution in [1.29, 1.82) is 0 Å². The molecule has 2 N–H and O–H groups in total. The summed E-state index contributed by atoms with van der Waals surface area (Å²) >= 11 is 5.75. The monoisotopic (exact) mass is 296 g/mol. The van der Waals surface area contributed by atoms with E-state index in [-0.39, 0.29) is 12.3 Å². The first-order valence-electron chi connectivity index (χ1n) is 6.59. The van der Waals surface area contributed by atoms with E-state index in [0.29, 0.717) is 29.4 Å². The molecule has 20 heavy (non-hydrogen) atoms. The van der Waals surface area contributed by atoms with Gasteiger partial charge >= 0.3 is 5.97 Å². The zero-order chi connectivity index (χ0) is 14.8. The fraction of sp³-hybridized carbons (Fsp3) is 0.500. The second-order valence-corrected chi connectivity index (χ2v) is 5.67. The van der Waals surface area contributed by atoms with Crippen LogP contribution >= 0.6 is 11.6 Å². The van der Waals surface area contributed by atoms with Crippen LogP contribution in [0.4, 0.5) is 5.69 Å². The van der Waals surface area contributed by atoms with Crippen LogP contribution in [0.2, 0.25) is 5.15 Å². The molecule has 1 fully saturated rings. The van der Waals surface area contributed by atoms with Gasteiger partial charge in [0.05, 0.1) is 16.8 Å². The largest absolute Gasteiger partial charge is 0.481 e. The Morgan fingerprint density at radius 2 is 2.05 bits per heavy atom. The molecule has 6 heteroatoms. The number of amides is 1. The maximum atomic E-state index is 12.1. The van der Waals surface area contributed by atoms with Crippen molar-refractivity contribution in [3.05, 3.63) is 23.0 Å². The fourth-order valence-electron chi connectivity index (χ4n) is 2.68. The summed E-state index contributed by atoms with van der Waals surface area (Å²) in [6.45, 7) is 1.74. The third-order valence-electron chi connectivity index (χ3n) is 3.84. The van der Waals surface area contributed by atoms with Crippen LogP contribution in [-0.4, -0.2) is 22.0 Å². The molecule has 0 aromatic carbocycles. The highest BCUT2D eigenvalue weighted by Gasteiger charge is 2.42. The normalized spacial score (nSPS) is 16.9. The van der Waals surface area contributed by atoms with Crippen LogP contribution in [0.5, 0.6) is 0 Å². The van der Waals surface area contributed by atoms with Gasteiger partial charge in [0, 0.05) is 6.42 Å². The Morgan fingerprint density at radius 1 is 1.40 bits per heavy atom. The maximum absolute atomic E-state index is 12.1. The molecule has 1 aromatic rings. The number of nitrogens with zero attached hydrogens (tertiary/aromatic N) is 1. The number of aromatic nitrogens is 1. The predicted octanol–water partition coefficient (Wildman–Crippen LogP) is 3.02. The Bertz CT molecular complexity index is 539. The van der Waals surface area contributed by atoms with Gasteiger partial charge in [-0.25, -0.2) is 4.98 Å². The maximum Gasteiger partial charge on any atom is 0.310 e. The second kappa shape index (κ2) is 5.79. The number of nitrogens with one attached hydrogen (secondary N) is 1. The molecule has 1 heterocycles. The molecule has 1 aromatic heterocycles. The summed E-state index contributed by atoms with van der Waals surface area (Å²) in [5, 5.41) is 12.4. The highest BCUT2D eigenvalue weighted by Crippen LogP contribution is 2.41. The molecule has 0 radical (unpaired) electrons. The molecular weight excluding hydrogens is 280 g/mol. The molecule has 1 amide bonds. The first-order chi connectivity index (χ1) is 9.43. The SMILES string of the molecule is Cc1nc(Cl)ccc1NC(=O)CC1(C(=O)O)CCCC1. The van der Waals surface area contributed by atoms with Crippen LogP contribution in [0, 0.1) is 12.3 Å². The van der Waals surface area contributed by atoms with Crippen molar-refractivity contribution < 1.29 is 14.7 Å². The standard InChI is InChI=1S/C14H17ClN2O3/c1-9-10(4-5-11(15)16-9)17-12(18)8-14(13(19)20)6-2-3-7-14/h4-5H,2-3,6-8H2,1H3,(H,17,18)(H,19,20). The summed E-state index contributed by atoms with van der Waals surface area (Å²) in [5.74, 6) is -1.17. The van der Waals surface area contributed by atoms with Gasteiger partial charge in [0.25, 0.3) is 0 Å². The number of aliphatic carboxylic acids is 1. The second-order valence-electron chi connectivity index (χ2n) is 5.28. The quantitative estimate of drug-likeness (QED) is 0.837. The third kappa shape index (κ3) is 3.10. The summed E-state index contributed by atoms with van der Waals surface area (Å²) in [6, 6.07) is 3.26. The summed E-state index contributed by atoms with van der Waals surface area (Å²) in [6.07, 6.45) is 2.85. The lowest BCUT2D eigenvalue weighted by Crippen LogP contribution is -2.32. The molecule has 108 valence electrons. The molecule has 1 saturated carbocycles. The predicted molar refractivity (Wildman–Crippen MR) is 75.8 cm³/mol. The van der Waals surface area contributed by atoms with E-state index in [1.165, 1.54) is 0 Å². The van der Waals surface area contributed by atoms with Gasteiger partial charge in [-0.1, -0.05) is 24.4 Å². The van der Waals surface area contributed by atoms with Crippen molar-refractivity contribution >= 4 is 29.2 Å². The Morgan fingerprint density at radius 3 is 2.60 bits per heavy atom. The van der Waals surface area contributed by atoms with E-state index in [2.05, 4.69) is 10.3 Å². The highest BCUT2D eigenvalue weighted by atomic mass is 35.5. The number of carbonyl (C=O) groups is 2. The molecule has 0 saturated heterocycles. The van der Waals surface area contributed by atoms with E-state index in [0.717, 1.165) is 12.8 Å². The zero-order valence-electron chi connectivity index (χ0n) is 11.3. The summed E-state index contributed by atoms with van der Waals surface area (Å²) < 4.78 is 0. The van der Waals surface area contributed by atoms with Crippen molar-refractivity contribution in [2.45, 2.75) is 39.0 Å². The van der Waals surface area contributed by atoms with Gasteiger partial charge in [-0.05, 0) is 31.9 Å². The lowest BCUT2D eigenvalue weighted by Gasteiger charge is -2.23. The van der Waals surface area contributed by atoms with Gasteiger partial charge in [0.15, 0.2) is 0 Å². The Balaban J connectivity index is 2.07. The topological polar surface area (TPSA) is 79.3 Å². The van der Waals surface area contributed by atoms with Crippen molar-refractivity contribution in [2.24, 2.45) is 5.41 Å². The summed E-state index contributed by atoms with van der Waals surface area (Å²) in [4.78, 5) is 27.5. The zero-order valence-corrected chi connectivity index (χ0v) is 12.0. The molecular formula is C14H17ClN2O3. The number of carboxylic acid groups (broad SMARTS) is 1. The van der Waals surface area contributed by atoms with Crippen molar-refractivity contribution in [3.8, 4) is 0 Å². The molecule has 5 nitrogen and oxygen atoms in total. The van der Waals surface area contributed by atoms with Gasteiger partial charge in [-0.3, -0.25) is 9.59 Å². The summed E-state index contributed by atoms with van der Waals surface area (Å²) in [7, 11) is 0. The van der Waals surface area contributed by atoms with Crippen LogP contribution in [0.3, 0.4) is 0 Å². The number of pyridine rings is 1. The lowest BCUT2D eigenvalue weighted by atomic mass is 9.82. The van der Waals surface area contributed by atoms with Gasteiger partial charge in [0.2, 0.25) is 5.91 Å². The van der Waals surface area contributed by atoms with Gasteiger partial charge < -0.3 is 10.4 Å². The minimum absolute atomic E-state index is 0.00436. The van der Waals surface area contributed by atoms with E-state index in [4.69, 9.17) is 11.6 Å². The fourth-order valence-corrected chi connectivity index (χ4v) is 2.87. The molecule has 1 aliphatic carbocycles. The van der Waals surface area contributed by atoms with E-state index < -0.39 is 11.4 Å². The van der Waals surface area contributed by atoms with Crippen LogP contribution in [-0.2, 0) is 9.59 Å². The number of hydrogen-bond acceptors (Lipinski definition) is 3. The van der Waals surface area contributed by atoms with Crippen LogP contribution in [0.1, 0.15) is 37.8 Å². The smallest absolute Gasteiger partial charge is 0.310 e. The summed E-state index contributed by atoms with van der Waals surface area (Å²) in [5.41, 5.74) is 0.275. The van der Waals surface area contributed by atoms with E-state index in [9.17, 15) is 14.7 Å². The Kier molecular flexibility index (Phi) is 4.28. The molecule has 0 spiro atoms. The van der Waals surface area contributed by atoms with E-state index in [1.807, 2.05) is 0 Å². The Labute approximate surface area is 122 Å². The molecule has 1 aliphatic rings. The van der Waals surface area contributed by atoms with Gasteiger partial charge in [-0.15, -0.1) is 0 Å². The number of anilines is 1. The van der Waals surface area contributed by atoms with Crippen LogP contribution in [0.15, 0.2) is 12.1 Å². The first-order valence-corrected chi connectivity index (χ1v) is 6.97. The number of halogens is 1. The molecule has 0 bridgehead atoms. The molecule has 2 rings (SSSR count). The van der Waals surface area contributed by atoms with Crippen molar-refractivity contribution in [3.63, 3.8) is 0 Å². The Hall–Kier alpha value is -1.62. The average molecular weight is 297 g/mol. The highest BCUT2D eigenvalue weighted by molar-refractivity contribution is 6.29. The average Bonchev–Trinajstić information content (AvgIpc) is 2.82. The van der Waals surface area contributed by atoms with Gasteiger partial charge in [-0.2, -0.15) is 0 Å². The van der Waals surface area contributed by atoms with Gasteiger partial charge in [0.1, 0.15) is 5.15 Å². The van der Waals surface area contributed by atoms with Crippen LogP contribution < -0.4 is 5.32 Å². The van der Waals surface area contributed by atoms with Crippen LogP contribution in [0.25, 0.3) is 0 Å². The van der Waals surface area contributed by atoms with E-state index >= 15 is 0 Å². The number of carboxylic acids is 1. The van der Waals surface area contributed by atoms with E-state index in [1.54, 1.807) is 19.1 Å². The minimum Gasteiger partial charge on any atom is -0.481 e. The number of aryl methyl sites for hydroxylation is 1. The molecule has 0 unspecified atom stereocenters. The molecule has 0 aliphatic heterocycles. The minimum atomic E-state index is -0.905. The number of carbonyl (C=O) groups excluding carboxylic acids is 1. The molecule has 0 atom stereocenters.